The number of hydrogen-bond donors (Lipinski definition) is 1. The number of hydrogen-bond acceptors (Lipinski definition) is 2. The van der Waals surface area contributed by atoms with Crippen LogP contribution in [-0.4, -0.2) is 10.9 Å². The lowest BCUT2D eigenvalue weighted by atomic mass is 10.1. The van der Waals surface area contributed by atoms with Crippen molar-refractivity contribution in [2.24, 2.45) is 0 Å². The van der Waals surface area contributed by atoms with Gasteiger partial charge in [0.05, 0.1) is 6.61 Å². The Kier molecular flexibility index (Phi) is 2.38. The van der Waals surface area contributed by atoms with Gasteiger partial charge < -0.3 is 5.11 Å². The summed E-state index contributed by atoms with van der Waals surface area (Å²) in [4.78, 5) is 1.40. The lowest BCUT2D eigenvalue weighted by Crippen LogP contribution is -1.99. The molecule has 1 N–H and O–H groups in total. The van der Waals surface area contributed by atoms with Crippen LogP contribution in [0.4, 0.5) is 0 Å². The van der Waals surface area contributed by atoms with Gasteiger partial charge in [0, 0.05) is 4.90 Å². The predicted octanol–water partition coefficient (Wildman–Crippen LogP) is 2.22. The molecule has 0 aliphatic carbocycles. The molecule has 0 spiro atoms. The van der Waals surface area contributed by atoms with Crippen LogP contribution in [0.2, 0.25) is 0 Å². The van der Waals surface area contributed by atoms with E-state index in [1.165, 1.54) is 29.1 Å². The van der Waals surface area contributed by atoms with E-state index in [1.54, 1.807) is 0 Å². The van der Waals surface area contributed by atoms with E-state index in [0.29, 0.717) is 0 Å². The van der Waals surface area contributed by atoms with Gasteiger partial charge in [-0.1, -0.05) is 12.1 Å². The number of aryl methyl sites for hydroxylation is 1. The Bertz CT molecular complexity index is 283. The first-order valence-corrected chi connectivity index (χ1v) is 5.24. The smallest absolute Gasteiger partial charge is 0.0681 e. The van der Waals surface area contributed by atoms with Crippen LogP contribution in [0, 0.1) is 0 Å². The van der Waals surface area contributed by atoms with Crippen LogP contribution in [0.5, 0.6) is 0 Å². The average molecular weight is 180 g/mol. The van der Waals surface area contributed by atoms with Crippen LogP contribution in [0.3, 0.4) is 0 Å². The molecular formula is C10H12OS. The first-order valence-electron chi connectivity index (χ1n) is 4.25. The first-order chi connectivity index (χ1) is 5.90. The topological polar surface area (TPSA) is 20.2 Å². The summed E-state index contributed by atoms with van der Waals surface area (Å²) in [7, 11) is 0. The summed E-state index contributed by atoms with van der Waals surface area (Å²) in [6.07, 6.45) is 2.45. The summed E-state index contributed by atoms with van der Waals surface area (Å²) in [6.45, 7) is 0.165. The zero-order valence-corrected chi connectivity index (χ0v) is 7.73. The van der Waals surface area contributed by atoms with Gasteiger partial charge in [-0.25, -0.2) is 0 Å². The van der Waals surface area contributed by atoms with Gasteiger partial charge in [0.1, 0.15) is 0 Å². The van der Waals surface area contributed by atoms with E-state index in [0.717, 1.165) is 5.56 Å². The largest absolute Gasteiger partial charge is 0.392 e. The van der Waals surface area contributed by atoms with Gasteiger partial charge in [-0.05, 0) is 35.8 Å². The molecule has 0 saturated heterocycles. The van der Waals surface area contributed by atoms with E-state index < -0.39 is 0 Å². The van der Waals surface area contributed by atoms with E-state index in [2.05, 4.69) is 12.1 Å². The fraction of sp³-hybridized carbons (Fsp3) is 0.400. The molecule has 1 aliphatic heterocycles. The van der Waals surface area contributed by atoms with Crippen molar-refractivity contribution in [1.82, 2.24) is 0 Å². The molecule has 0 atom stereocenters. The van der Waals surface area contributed by atoms with Crippen LogP contribution in [0.25, 0.3) is 0 Å². The fourth-order valence-corrected chi connectivity index (χ4v) is 2.53. The van der Waals surface area contributed by atoms with Gasteiger partial charge in [-0.15, -0.1) is 11.8 Å². The third kappa shape index (κ3) is 1.50. The molecule has 2 heteroatoms. The molecule has 1 heterocycles. The Labute approximate surface area is 76.8 Å². The van der Waals surface area contributed by atoms with Crippen LogP contribution in [0.15, 0.2) is 23.1 Å². The van der Waals surface area contributed by atoms with Gasteiger partial charge in [-0.3, -0.25) is 0 Å². The number of aliphatic hydroxyl groups excluding tert-OH is 1. The number of rotatable bonds is 1. The Hall–Kier alpha value is -0.470. The second-order valence-corrected chi connectivity index (χ2v) is 4.19. The molecule has 0 unspecified atom stereocenters. The highest BCUT2D eigenvalue weighted by atomic mass is 32.2. The van der Waals surface area contributed by atoms with Crippen molar-refractivity contribution < 1.29 is 5.11 Å². The maximum atomic E-state index is 8.93. The second-order valence-electron chi connectivity index (χ2n) is 3.05. The maximum Gasteiger partial charge on any atom is 0.0681 e. The minimum atomic E-state index is 0.165. The summed E-state index contributed by atoms with van der Waals surface area (Å²) >= 11 is 1.93. The minimum absolute atomic E-state index is 0.165. The van der Waals surface area contributed by atoms with E-state index in [-0.39, 0.29) is 6.61 Å². The molecule has 0 aromatic heterocycles. The van der Waals surface area contributed by atoms with Crippen LogP contribution in [0.1, 0.15) is 17.5 Å². The second kappa shape index (κ2) is 3.50. The average Bonchev–Trinajstić information content (AvgIpc) is 2.17. The highest BCUT2D eigenvalue weighted by molar-refractivity contribution is 7.99. The molecule has 0 amide bonds. The quantitative estimate of drug-likeness (QED) is 0.715. The molecule has 2 rings (SSSR count). The Morgan fingerprint density at radius 1 is 1.42 bits per heavy atom. The molecule has 0 bridgehead atoms. The highest BCUT2D eigenvalue weighted by Gasteiger charge is 2.09. The van der Waals surface area contributed by atoms with E-state index in [9.17, 15) is 0 Å². The minimum Gasteiger partial charge on any atom is -0.392 e. The predicted molar refractivity (Wildman–Crippen MR) is 51.4 cm³/mol. The van der Waals surface area contributed by atoms with Crippen molar-refractivity contribution in [2.45, 2.75) is 24.3 Å². The van der Waals surface area contributed by atoms with Crippen LogP contribution >= 0.6 is 11.8 Å². The Morgan fingerprint density at radius 2 is 2.33 bits per heavy atom. The van der Waals surface area contributed by atoms with E-state index >= 15 is 0 Å². The van der Waals surface area contributed by atoms with Gasteiger partial charge in [0.2, 0.25) is 0 Å². The summed E-state index contributed by atoms with van der Waals surface area (Å²) in [5, 5.41) is 8.93. The molecule has 1 aromatic rings. The Balaban J connectivity index is 2.36. The zero-order chi connectivity index (χ0) is 8.39. The molecule has 12 heavy (non-hydrogen) atoms. The molecule has 64 valence electrons. The number of benzene rings is 1. The van der Waals surface area contributed by atoms with Crippen LogP contribution in [-0.2, 0) is 13.0 Å². The zero-order valence-electron chi connectivity index (χ0n) is 6.92. The molecule has 0 radical (unpaired) electrons. The lowest BCUT2D eigenvalue weighted by molar-refractivity contribution is 0.281. The van der Waals surface area contributed by atoms with E-state index in [1.807, 2.05) is 17.8 Å². The van der Waals surface area contributed by atoms with E-state index in [4.69, 9.17) is 5.11 Å². The number of fused-ring (bicyclic) bond motifs is 1. The van der Waals surface area contributed by atoms with Crippen molar-refractivity contribution in [3.63, 3.8) is 0 Å². The first kappa shape index (κ1) is 8.14. The van der Waals surface area contributed by atoms with Crippen molar-refractivity contribution >= 4 is 11.8 Å². The third-order valence-corrected chi connectivity index (χ3v) is 3.36. The summed E-state index contributed by atoms with van der Waals surface area (Å²) in [5.74, 6) is 1.24. The highest BCUT2D eigenvalue weighted by Crippen LogP contribution is 2.30. The Morgan fingerprint density at radius 3 is 3.17 bits per heavy atom. The number of thioether (sulfide) groups is 1. The number of aliphatic hydroxyl groups is 1. The van der Waals surface area contributed by atoms with Crippen molar-refractivity contribution in [3.05, 3.63) is 29.3 Å². The van der Waals surface area contributed by atoms with Crippen molar-refractivity contribution in [1.29, 1.82) is 0 Å². The van der Waals surface area contributed by atoms with Crippen molar-refractivity contribution in [3.8, 4) is 0 Å². The molecule has 1 nitrogen and oxygen atoms in total. The van der Waals surface area contributed by atoms with Gasteiger partial charge >= 0.3 is 0 Å². The lowest BCUT2D eigenvalue weighted by Gasteiger charge is -2.15. The van der Waals surface area contributed by atoms with Gasteiger partial charge in [0.15, 0.2) is 0 Å². The van der Waals surface area contributed by atoms with Gasteiger partial charge in [-0.2, -0.15) is 0 Å². The fourth-order valence-electron chi connectivity index (χ4n) is 1.51. The van der Waals surface area contributed by atoms with Crippen molar-refractivity contribution in [2.75, 3.05) is 5.75 Å². The molecular weight excluding hydrogens is 168 g/mol. The summed E-state index contributed by atoms with van der Waals surface area (Å²) < 4.78 is 0. The third-order valence-electron chi connectivity index (χ3n) is 2.16. The summed E-state index contributed by atoms with van der Waals surface area (Å²) in [5.41, 5.74) is 2.45. The molecule has 0 fully saturated rings. The van der Waals surface area contributed by atoms with Crippen LogP contribution < -0.4 is 0 Å². The monoisotopic (exact) mass is 180 g/mol. The molecule has 1 aliphatic rings. The molecule has 0 saturated carbocycles. The normalized spacial score (nSPS) is 15.8. The molecule has 1 aromatic carbocycles. The van der Waals surface area contributed by atoms with Gasteiger partial charge in [0.25, 0.3) is 0 Å². The maximum absolute atomic E-state index is 8.93. The SMILES string of the molecule is OCc1ccc2c(c1)CCCS2. The summed E-state index contributed by atoms with van der Waals surface area (Å²) in [6, 6.07) is 6.27. The standard InChI is InChI=1S/C10H12OS/c11-7-8-3-4-10-9(6-8)2-1-5-12-10/h3-4,6,11H,1-2,5,7H2.